The standard InChI is InChI=1S/C32H42O2.2C22H22O2.C17H16F4O2.C16H18O3.C14H14O3/c1-19-16-27(21(3)23(5)29(19)33-11)31(7,8)25-14-13-15-26(18-25)32(9,10)28-17-20(2)30(34-12)24(6)22(28)4;1-16-4-6-17(7-5-16)22(18-8-12-20(23-2)13-9-18)19-10-14-21(24-3)15-11-19;1-22(17-7-5-4-6-8-17,18-9-13-20(23-2)14-10-18)19-11-15-21(24-3)16-12-19;1-17(2,9-5-11(18)15(22-3)12(19)6-9)10-7-13(20)16(23-4)14(21)8-10;1-11-9-12(5-7-14(11)17-2)13-6-8-15(18-3)16(10-13)19-4;1-15-11-3-7-13(8-4-11)17-14-9-5-12(16-2)6-10-14/h13-18H,1-12H3;4-15,22H,1-3H3;4-16H,1-3H3;5-8H,1-4H3;5-10H,1-4H3;3-10H,1-2H3. The zero-order valence-electron chi connectivity index (χ0n) is 86.6. The molecular weight excluding hydrogens is 1780 g/mol. The quantitative estimate of drug-likeness (QED) is 0.0341. The fourth-order valence-corrected chi connectivity index (χ4v) is 17.6. The van der Waals surface area contributed by atoms with Crippen LogP contribution < -0.4 is 66.3 Å². The molecule has 0 saturated carbocycles. The first-order valence-electron chi connectivity index (χ1n) is 46.4. The van der Waals surface area contributed by atoms with Gasteiger partial charge in [-0.15, -0.1) is 0 Å². The van der Waals surface area contributed by atoms with E-state index in [0.717, 1.165) is 130 Å². The molecule has 141 heavy (non-hydrogen) atoms. The molecule has 0 heterocycles. The SMILES string of the molecule is COc1c(C)cc(C(C)(C)c2cccc(C(C)(C)c3cc(C)c(OC)c(C)c3C)c2)c(C)c1C.COc1c(F)cc(C(C)(C)c2cc(F)c(OC)c(F)c2)cc1F.COc1ccc(-c2ccc(OC)c(OC)c2)cc1C.COc1ccc(C(C)(c2ccccc2)c2ccc(OC)cc2)cc1.COc1ccc(C(c2ccc(C)cc2)c2ccc(OC)cc2)cc1.COc1ccc(Oc2ccc(OC)cc2)cc1. The van der Waals surface area contributed by atoms with E-state index in [-0.39, 0.29) is 33.3 Å². The number of rotatable bonds is 28. The number of halogens is 4. The van der Waals surface area contributed by atoms with E-state index in [9.17, 15) is 17.6 Å². The van der Waals surface area contributed by atoms with Gasteiger partial charge in [0, 0.05) is 27.6 Å². The molecule has 0 aliphatic heterocycles. The summed E-state index contributed by atoms with van der Waals surface area (Å²) in [7, 11) is 20.8. The van der Waals surface area contributed by atoms with E-state index in [2.05, 4.69) is 232 Å². The van der Waals surface area contributed by atoms with Gasteiger partial charge in [-0.1, -0.05) is 199 Å². The molecule has 14 nitrogen and oxygen atoms in total. The zero-order chi connectivity index (χ0) is 103. The van der Waals surface area contributed by atoms with Gasteiger partial charge >= 0.3 is 0 Å². The number of methoxy groups -OCH3 is 13. The van der Waals surface area contributed by atoms with Crippen molar-refractivity contribution in [3.05, 3.63) is 432 Å². The van der Waals surface area contributed by atoms with Crippen LogP contribution in [0.5, 0.6) is 86.2 Å². The molecule has 15 aromatic carbocycles. The Morgan fingerprint density at radius 1 is 0.213 bits per heavy atom. The largest absolute Gasteiger partial charge is 0.497 e. The average molecular weight is 1910 g/mol. The topological polar surface area (TPSA) is 129 Å². The van der Waals surface area contributed by atoms with Crippen LogP contribution in [0.2, 0.25) is 0 Å². The predicted octanol–water partition coefficient (Wildman–Crippen LogP) is 30.2. The highest BCUT2D eigenvalue weighted by Gasteiger charge is 2.35. The van der Waals surface area contributed by atoms with Crippen molar-refractivity contribution in [3.63, 3.8) is 0 Å². The maximum absolute atomic E-state index is 13.9. The second-order valence-corrected chi connectivity index (χ2v) is 36.0. The van der Waals surface area contributed by atoms with Crippen molar-refractivity contribution in [2.24, 2.45) is 0 Å². The summed E-state index contributed by atoms with van der Waals surface area (Å²) in [5.41, 5.74) is 23.7. The van der Waals surface area contributed by atoms with Crippen LogP contribution in [0.3, 0.4) is 0 Å². The van der Waals surface area contributed by atoms with Gasteiger partial charge in [0.05, 0.1) is 92.4 Å². The summed E-state index contributed by atoms with van der Waals surface area (Å²) in [5, 5.41) is 0. The fraction of sp³-hybridized carbons (Fsp3) is 0.268. The van der Waals surface area contributed by atoms with Crippen LogP contribution in [-0.4, -0.2) is 92.4 Å². The monoisotopic (exact) mass is 1910 g/mol. The number of benzene rings is 15. The van der Waals surface area contributed by atoms with Gasteiger partial charge in [0.25, 0.3) is 0 Å². The molecule has 0 radical (unpaired) electrons. The normalized spacial score (nSPS) is 11.0. The van der Waals surface area contributed by atoms with Gasteiger partial charge in [0.1, 0.15) is 63.2 Å². The lowest BCUT2D eigenvalue weighted by atomic mass is 9.71. The van der Waals surface area contributed by atoms with Crippen LogP contribution in [-0.2, 0) is 21.7 Å². The van der Waals surface area contributed by atoms with E-state index in [4.69, 9.17) is 56.8 Å². The molecule has 0 aliphatic carbocycles. The Morgan fingerprint density at radius 2 is 0.511 bits per heavy atom. The van der Waals surface area contributed by atoms with Crippen LogP contribution in [0, 0.1) is 78.7 Å². The van der Waals surface area contributed by atoms with Crippen molar-refractivity contribution in [1.29, 1.82) is 0 Å². The summed E-state index contributed by atoms with van der Waals surface area (Å²) in [4.78, 5) is 0. The van der Waals surface area contributed by atoms with Crippen molar-refractivity contribution in [3.8, 4) is 97.4 Å². The maximum Gasteiger partial charge on any atom is 0.190 e. The number of aryl methyl sites for hydroxylation is 4. The molecule has 738 valence electrons. The molecule has 0 aromatic heterocycles. The molecule has 0 fully saturated rings. The molecular formula is C123H134F4O14. The van der Waals surface area contributed by atoms with Crippen LogP contribution in [0.1, 0.15) is 166 Å². The third-order valence-electron chi connectivity index (χ3n) is 26.4. The minimum absolute atomic E-state index is 0.140. The summed E-state index contributed by atoms with van der Waals surface area (Å²) in [5.74, 6) is 6.63. The van der Waals surface area contributed by atoms with Crippen molar-refractivity contribution < 1.29 is 83.9 Å². The van der Waals surface area contributed by atoms with E-state index in [1.807, 2.05) is 140 Å². The van der Waals surface area contributed by atoms with Gasteiger partial charge in [-0.25, -0.2) is 17.6 Å². The van der Waals surface area contributed by atoms with E-state index in [1.165, 1.54) is 94.6 Å². The second-order valence-electron chi connectivity index (χ2n) is 36.0. The second kappa shape index (κ2) is 49.2. The van der Waals surface area contributed by atoms with Gasteiger partial charge in [-0.3, -0.25) is 0 Å². The molecule has 0 aliphatic rings. The van der Waals surface area contributed by atoms with Crippen LogP contribution in [0.25, 0.3) is 11.1 Å². The summed E-state index contributed by atoms with van der Waals surface area (Å²) >= 11 is 0. The molecule has 18 heteroatoms. The Bertz CT molecular complexity index is 6260. The highest BCUT2D eigenvalue weighted by molar-refractivity contribution is 5.69. The molecule has 0 N–H and O–H groups in total. The smallest absolute Gasteiger partial charge is 0.190 e. The summed E-state index contributed by atoms with van der Waals surface area (Å²) < 4.78 is 129. The molecule has 15 aromatic rings. The fourth-order valence-electron chi connectivity index (χ4n) is 17.6. The molecule has 0 atom stereocenters. The summed E-state index contributed by atoms with van der Waals surface area (Å²) in [6.45, 7) is 32.0. The minimum atomic E-state index is -1.04. The molecule has 0 saturated heterocycles. The molecule has 0 spiro atoms. The average Bonchev–Trinajstić information content (AvgIpc) is 0.742. The Hall–Kier alpha value is -14.8. The molecule has 15 rings (SSSR count). The van der Waals surface area contributed by atoms with Crippen LogP contribution in [0.15, 0.2) is 297 Å². The van der Waals surface area contributed by atoms with E-state index in [0.29, 0.717) is 0 Å². The zero-order valence-corrected chi connectivity index (χ0v) is 86.6. The van der Waals surface area contributed by atoms with Gasteiger partial charge in [-0.05, 0) is 325 Å². The number of hydrogen-bond acceptors (Lipinski definition) is 14. The lowest BCUT2D eigenvalue weighted by Crippen LogP contribution is -2.25. The van der Waals surface area contributed by atoms with Crippen molar-refractivity contribution in [2.45, 2.75) is 131 Å². The van der Waals surface area contributed by atoms with Gasteiger partial charge in [0.15, 0.2) is 46.3 Å². The van der Waals surface area contributed by atoms with Gasteiger partial charge < -0.3 is 66.3 Å². The Balaban J connectivity index is 0.000000176. The Kier molecular flexibility index (Phi) is 37.8. The van der Waals surface area contributed by atoms with Crippen molar-refractivity contribution in [2.75, 3.05) is 92.4 Å². The third kappa shape index (κ3) is 25.8. The highest BCUT2D eigenvalue weighted by Crippen LogP contribution is 2.47. The predicted molar refractivity (Wildman–Crippen MR) is 561 cm³/mol. The van der Waals surface area contributed by atoms with Crippen LogP contribution >= 0.6 is 0 Å². The summed E-state index contributed by atoms with van der Waals surface area (Å²) in [6, 6.07) is 97.5. The molecule has 0 unspecified atom stereocenters. The first-order chi connectivity index (χ1) is 67.4. The number of ether oxygens (including phenoxy) is 14. The lowest BCUT2D eigenvalue weighted by molar-refractivity contribution is 0.355. The van der Waals surface area contributed by atoms with Crippen molar-refractivity contribution in [1.82, 2.24) is 0 Å². The third-order valence-corrected chi connectivity index (χ3v) is 26.4. The molecule has 0 bridgehead atoms. The maximum atomic E-state index is 13.9. The Labute approximate surface area is 832 Å². The Morgan fingerprint density at radius 3 is 0.837 bits per heavy atom. The summed E-state index contributed by atoms with van der Waals surface area (Å²) in [6.07, 6.45) is 0. The molecule has 0 amide bonds. The number of hydrogen-bond donors (Lipinski definition) is 0. The van der Waals surface area contributed by atoms with Gasteiger partial charge in [-0.2, -0.15) is 0 Å². The van der Waals surface area contributed by atoms with Crippen LogP contribution in [0.4, 0.5) is 17.6 Å². The van der Waals surface area contributed by atoms with E-state index < -0.39 is 40.2 Å². The minimum Gasteiger partial charge on any atom is -0.497 e. The highest BCUT2D eigenvalue weighted by atomic mass is 19.1. The first kappa shape index (κ1) is 108. The van der Waals surface area contributed by atoms with E-state index >= 15 is 0 Å². The van der Waals surface area contributed by atoms with Crippen molar-refractivity contribution >= 4 is 0 Å². The van der Waals surface area contributed by atoms with Gasteiger partial charge in [0.2, 0.25) is 0 Å². The lowest BCUT2D eigenvalue weighted by Gasteiger charge is -2.34. The van der Waals surface area contributed by atoms with E-state index in [1.54, 1.807) is 92.1 Å². The first-order valence-corrected chi connectivity index (χ1v) is 46.4.